The highest BCUT2D eigenvalue weighted by atomic mass is 32.2. The van der Waals surface area contributed by atoms with E-state index in [0.29, 0.717) is 31.9 Å². The molecular weight excluding hydrogens is 503 g/mol. The molecule has 1 aliphatic heterocycles. The minimum absolute atomic E-state index is 0.00461. The number of nitrogens with zero attached hydrogens (tertiary/aromatic N) is 4. The van der Waals surface area contributed by atoms with Crippen LogP contribution in [0, 0.1) is 22.9 Å². The standard InChI is InChI=1S/C26H28F3N5O2S/c1-26(6-7-26)17-36-24-23(16-30-34(25(24)35)22-13-20(28)12-21(29)14-22)32-8-10-33(11-9-32)37-31-15-18-2-4-19(27)5-3-18/h2-5,12-14,16,31H,6-11,15,17H2,1H3. The molecule has 11 heteroatoms. The van der Waals surface area contributed by atoms with Crippen molar-refractivity contribution >= 4 is 17.8 Å². The summed E-state index contributed by atoms with van der Waals surface area (Å²) in [7, 11) is 0. The lowest BCUT2D eigenvalue weighted by Crippen LogP contribution is -2.45. The van der Waals surface area contributed by atoms with Crippen LogP contribution >= 0.6 is 12.1 Å². The molecule has 2 fully saturated rings. The fraction of sp³-hybridized carbons (Fsp3) is 0.385. The van der Waals surface area contributed by atoms with Gasteiger partial charge < -0.3 is 9.64 Å². The fourth-order valence-corrected chi connectivity index (χ4v) is 4.83. The zero-order valence-corrected chi connectivity index (χ0v) is 21.2. The van der Waals surface area contributed by atoms with Crippen LogP contribution in [0.5, 0.6) is 5.75 Å². The third-order valence-electron chi connectivity index (χ3n) is 6.64. The van der Waals surface area contributed by atoms with Crippen LogP contribution in [0.15, 0.2) is 53.5 Å². The zero-order chi connectivity index (χ0) is 26.0. The highest BCUT2D eigenvalue weighted by molar-refractivity contribution is 7.95. The lowest BCUT2D eigenvalue weighted by molar-refractivity contribution is 0.242. The van der Waals surface area contributed by atoms with Gasteiger partial charge in [0.25, 0.3) is 0 Å². The number of hydrogen-bond donors (Lipinski definition) is 1. The van der Waals surface area contributed by atoms with Gasteiger partial charge in [-0.05, 0) is 42.7 Å². The van der Waals surface area contributed by atoms with Gasteiger partial charge in [-0.15, -0.1) is 0 Å². The van der Waals surface area contributed by atoms with Crippen LogP contribution in [0.4, 0.5) is 18.9 Å². The van der Waals surface area contributed by atoms with Gasteiger partial charge in [-0.25, -0.2) is 22.2 Å². The van der Waals surface area contributed by atoms with Gasteiger partial charge in [0.15, 0.2) is 0 Å². The molecule has 2 aliphatic rings. The maximum Gasteiger partial charge on any atom is 0.316 e. The second kappa shape index (κ2) is 10.8. The van der Waals surface area contributed by atoms with Gasteiger partial charge in [0.1, 0.15) is 23.1 Å². The van der Waals surface area contributed by atoms with Crippen molar-refractivity contribution in [3.63, 3.8) is 0 Å². The molecule has 37 heavy (non-hydrogen) atoms. The van der Waals surface area contributed by atoms with Crippen molar-refractivity contribution in [2.45, 2.75) is 26.3 Å². The Labute approximate surface area is 217 Å². The van der Waals surface area contributed by atoms with Crippen LogP contribution in [0.3, 0.4) is 0 Å². The summed E-state index contributed by atoms with van der Waals surface area (Å²) in [5.41, 5.74) is 1.05. The number of piperazine rings is 1. The molecular formula is C26H28F3N5O2S. The minimum Gasteiger partial charge on any atom is -0.486 e. The number of halogens is 3. The number of anilines is 1. The summed E-state index contributed by atoms with van der Waals surface area (Å²) in [4.78, 5) is 15.5. The Balaban J connectivity index is 1.28. The summed E-state index contributed by atoms with van der Waals surface area (Å²) in [5.74, 6) is -1.69. The molecule has 3 aromatic rings. The molecule has 1 N–H and O–H groups in total. The largest absolute Gasteiger partial charge is 0.486 e. The predicted octanol–water partition coefficient (Wildman–Crippen LogP) is 4.30. The molecule has 0 unspecified atom stereocenters. The topological polar surface area (TPSA) is 62.6 Å². The van der Waals surface area contributed by atoms with Gasteiger partial charge in [0.2, 0.25) is 5.75 Å². The summed E-state index contributed by atoms with van der Waals surface area (Å²) in [6.45, 7) is 5.80. The minimum atomic E-state index is -0.789. The van der Waals surface area contributed by atoms with E-state index in [0.717, 1.165) is 54.4 Å². The number of hydrogen-bond acceptors (Lipinski definition) is 7. The molecule has 1 saturated heterocycles. The van der Waals surface area contributed by atoms with Crippen molar-refractivity contribution in [3.8, 4) is 11.4 Å². The number of nitrogens with one attached hydrogen (secondary N) is 1. The molecule has 0 amide bonds. The molecule has 0 bridgehead atoms. The quantitative estimate of drug-likeness (QED) is 0.413. The Hall–Kier alpha value is -3.02. The maximum absolute atomic E-state index is 13.8. The van der Waals surface area contributed by atoms with Crippen molar-refractivity contribution in [3.05, 3.63) is 82.0 Å². The van der Waals surface area contributed by atoms with Gasteiger partial charge in [-0.2, -0.15) is 9.78 Å². The second-order valence-electron chi connectivity index (χ2n) is 9.76. The maximum atomic E-state index is 13.8. The lowest BCUT2D eigenvalue weighted by atomic mass is 10.2. The van der Waals surface area contributed by atoms with Crippen molar-refractivity contribution in [2.24, 2.45) is 5.41 Å². The molecule has 0 spiro atoms. The molecule has 1 aliphatic carbocycles. The van der Waals surface area contributed by atoms with Gasteiger partial charge in [0, 0.05) is 56.3 Å². The van der Waals surface area contributed by atoms with E-state index >= 15 is 0 Å². The molecule has 1 aromatic heterocycles. The van der Waals surface area contributed by atoms with E-state index in [1.807, 2.05) is 4.90 Å². The average molecular weight is 532 g/mol. The van der Waals surface area contributed by atoms with E-state index < -0.39 is 17.2 Å². The third kappa shape index (κ3) is 6.28. The number of benzene rings is 2. The fourth-order valence-electron chi connectivity index (χ4n) is 4.07. The number of aromatic nitrogens is 2. The Morgan fingerprint density at radius 1 is 1.00 bits per heavy atom. The molecule has 7 nitrogen and oxygen atoms in total. The van der Waals surface area contributed by atoms with Crippen LogP contribution in [0.2, 0.25) is 0 Å². The van der Waals surface area contributed by atoms with Crippen LogP contribution in [-0.4, -0.2) is 46.9 Å². The molecule has 196 valence electrons. The Morgan fingerprint density at radius 3 is 2.32 bits per heavy atom. The van der Waals surface area contributed by atoms with Crippen LogP contribution in [-0.2, 0) is 6.54 Å². The first-order valence-electron chi connectivity index (χ1n) is 12.2. The van der Waals surface area contributed by atoms with Crippen LogP contribution < -0.4 is 19.9 Å². The Bertz CT molecular complexity index is 1290. The Morgan fingerprint density at radius 2 is 1.68 bits per heavy atom. The van der Waals surface area contributed by atoms with E-state index in [-0.39, 0.29) is 22.7 Å². The summed E-state index contributed by atoms with van der Waals surface area (Å²) in [6, 6.07) is 9.26. The lowest BCUT2D eigenvalue weighted by Gasteiger charge is -2.35. The van der Waals surface area contributed by atoms with Gasteiger partial charge in [-0.3, -0.25) is 4.79 Å². The molecule has 0 atom stereocenters. The first-order valence-corrected chi connectivity index (χ1v) is 12.9. The van der Waals surface area contributed by atoms with Crippen molar-refractivity contribution in [1.82, 2.24) is 18.8 Å². The van der Waals surface area contributed by atoms with E-state index in [4.69, 9.17) is 4.74 Å². The van der Waals surface area contributed by atoms with E-state index in [9.17, 15) is 18.0 Å². The van der Waals surface area contributed by atoms with Crippen LogP contribution in [0.1, 0.15) is 25.3 Å². The van der Waals surface area contributed by atoms with Crippen molar-refractivity contribution in [1.29, 1.82) is 0 Å². The monoisotopic (exact) mass is 531 g/mol. The summed E-state index contributed by atoms with van der Waals surface area (Å²) in [6.07, 6.45) is 3.58. The molecule has 2 heterocycles. The van der Waals surface area contributed by atoms with Gasteiger partial charge in [0.05, 0.1) is 18.5 Å². The zero-order valence-electron chi connectivity index (χ0n) is 20.4. The van der Waals surface area contributed by atoms with E-state index in [2.05, 4.69) is 21.0 Å². The predicted molar refractivity (Wildman–Crippen MR) is 137 cm³/mol. The van der Waals surface area contributed by atoms with E-state index in [1.54, 1.807) is 12.1 Å². The summed E-state index contributed by atoms with van der Waals surface area (Å²) >= 11 is 1.50. The third-order valence-corrected chi connectivity index (χ3v) is 7.53. The second-order valence-corrected chi connectivity index (χ2v) is 10.7. The van der Waals surface area contributed by atoms with E-state index in [1.165, 1.54) is 30.5 Å². The average Bonchev–Trinajstić information content (AvgIpc) is 3.61. The SMILES string of the molecule is CC1(COc2c(N3CCN(SNCc4ccc(F)cc4)CC3)cnn(-c3cc(F)cc(F)c3)c2=O)CC1. The normalized spacial score (nSPS) is 17.1. The molecule has 2 aromatic carbocycles. The molecule has 1 saturated carbocycles. The smallest absolute Gasteiger partial charge is 0.316 e. The summed E-state index contributed by atoms with van der Waals surface area (Å²) in [5, 5.41) is 4.23. The van der Waals surface area contributed by atoms with Crippen molar-refractivity contribution < 1.29 is 17.9 Å². The van der Waals surface area contributed by atoms with Crippen LogP contribution in [0.25, 0.3) is 5.69 Å². The molecule has 0 radical (unpaired) electrons. The first-order chi connectivity index (χ1) is 17.8. The highest BCUT2D eigenvalue weighted by Crippen LogP contribution is 2.45. The van der Waals surface area contributed by atoms with Gasteiger partial charge >= 0.3 is 5.56 Å². The van der Waals surface area contributed by atoms with Crippen molar-refractivity contribution in [2.75, 3.05) is 37.7 Å². The molecule has 5 rings (SSSR count). The van der Waals surface area contributed by atoms with Gasteiger partial charge in [-0.1, -0.05) is 19.1 Å². The highest BCUT2D eigenvalue weighted by Gasteiger charge is 2.39. The number of rotatable bonds is 9. The first kappa shape index (κ1) is 25.6. The Kier molecular flexibility index (Phi) is 7.45. The summed E-state index contributed by atoms with van der Waals surface area (Å²) < 4.78 is 53.2. The number of ether oxygens (including phenoxy) is 1.